The van der Waals surface area contributed by atoms with E-state index in [1.54, 1.807) is 0 Å². The van der Waals surface area contributed by atoms with Crippen molar-refractivity contribution < 1.29 is 0 Å². The van der Waals surface area contributed by atoms with E-state index in [4.69, 9.17) is 0 Å². The molecule has 0 radical (unpaired) electrons. The maximum atomic E-state index is 2.86. The van der Waals surface area contributed by atoms with E-state index in [-0.39, 0.29) is 16.7 Å². The van der Waals surface area contributed by atoms with Crippen molar-refractivity contribution in [3.8, 4) is 0 Å². The molecule has 6 aliphatic rings. The topological polar surface area (TPSA) is 6.48 Å². The number of hydrogen-bond donors (Lipinski definition) is 0. The molecule has 0 amide bonds. The lowest BCUT2D eigenvalue weighted by atomic mass is 9.73. The largest absolute Gasteiger partial charge is 0.335 e. The first-order valence-corrected chi connectivity index (χ1v) is 24.7. The Bertz CT molecular complexity index is 2750. The van der Waals surface area contributed by atoms with Crippen molar-refractivity contribution in [1.82, 2.24) is 0 Å². The van der Waals surface area contributed by atoms with Crippen LogP contribution in [0.15, 0.2) is 125 Å². The highest BCUT2D eigenvalue weighted by Crippen LogP contribution is 2.67. The van der Waals surface area contributed by atoms with Crippen molar-refractivity contribution in [3.05, 3.63) is 166 Å². The molecule has 4 aliphatic heterocycles. The Balaban J connectivity index is 1.27. The van der Waals surface area contributed by atoms with Crippen LogP contribution in [0.3, 0.4) is 0 Å². The van der Waals surface area contributed by atoms with E-state index in [1.807, 2.05) is 0 Å². The molecule has 2 aliphatic carbocycles. The van der Waals surface area contributed by atoms with Crippen LogP contribution in [-0.2, 0) is 5.41 Å². The summed E-state index contributed by atoms with van der Waals surface area (Å²) < 4.78 is 0. The van der Waals surface area contributed by atoms with Gasteiger partial charge in [-0.1, -0.05) is 110 Å². The highest BCUT2D eigenvalue weighted by Gasteiger charge is 2.53. The van der Waals surface area contributed by atoms with Gasteiger partial charge in [-0.25, -0.2) is 0 Å². The molecule has 3 atom stereocenters. The number of allylic oxidation sites excluding steroid dienone is 2. The molecule has 3 unspecified atom stereocenters. The third-order valence-corrected chi connectivity index (χ3v) is 21.0. The minimum Gasteiger partial charge on any atom is -0.335 e. The SMILES string of the molecule is Cc1c(C)c(C)c2c(c1C)SC1=C(S2)C(N2C3=CCCCC3c3ccccc32)C2Sc3c(C)c(C)c(C)c(C)c3SC2=C1N1c2ccccc2C(C)(C)c2ccccc21. The van der Waals surface area contributed by atoms with Crippen molar-refractivity contribution >= 4 is 64.1 Å². The van der Waals surface area contributed by atoms with E-state index in [1.165, 1.54) is 137 Å². The first-order valence-electron chi connectivity index (χ1n) is 21.4. The average Bonchev–Trinajstić information content (AvgIpc) is 3.59. The normalized spacial score (nSPS) is 22.1. The number of thioether (sulfide) groups is 4. The van der Waals surface area contributed by atoms with Crippen LogP contribution in [0, 0.1) is 55.4 Å². The molecule has 5 aromatic carbocycles. The van der Waals surface area contributed by atoms with Gasteiger partial charge in [0.25, 0.3) is 0 Å². The summed E-state index contributed by atoms with van der Waals surface area (Å²) in [4.78, 5) is 15.8. The molecule has 0 aromatic heterocycles. The van der Waals surface area contributed by atoms with Crippen LogP contribution in [0.4, 0.5) is 17.1 Å². The molecule has 4 heterocycles. The van der Waals surface area contributed by atoms with Crippen LogP contribution in [0.1, 0.15) is 100 Å². The summed E-state index contributed by atoms with van der Waals surface area (Å²) in [6.45, 7) is 23.7. The van der Waals surface area contributed by atoms with Gasteiger partial charge in [-0.15, -0.1) is 11.8 Å². The Morgan fingerprint density at radius 3 is 1.69 bits per heavy atom. The second-order valence-electron chi connectivity index (χ2n) is 18.0. The lowest BCUT2D eigenvalue weighted by Crippen LogP contribution is -2.47. The number of para-hydroxylation sites is 3. The second kappa shape index (κ2) is 13.7. The molecular formula is C53H52N2S4. The van der Waals surface area contributed by atoms with Gasteiger partial charge in [0, 0.05) is 57.0 Å². The fourth-order valence-electron chi connectivity index (χ4n) is 10.9. The molecule has 59 heavy (non-hydrogen) atoms. The van der Waals surface area contributed by atoms with Gasteiger partial charge in [-0.3, -0.25) is 0 Å². The lowest BCUT2D eigenvalue weighted by molar-refractivity contribution is 0.609. The standard InChI is InChI=1S/C53H52N2S4/c1-27-29(3)33(7)47-45(31(27)5)56-49-43(54-39-23-15-11-19-35(39)36-20-12-16-24-40(36)54)50-52(59-48-34(8)30(4)28(2)32(6)46(48)57-50)44(51(49)58-47)55-41-25-17-13-21-37(41)53(9,10)38-22-14-18-26-42(38)55/h11,13-15,17-19,21-26,36,43,49H,12,16,20H2,1-10H3. The van der Waals surface area contributed by atoms with Gasteiger partial charge in [0.2, 0.25) is 0 Å². The van der Waals surface area contributed by atoms with Gasteiger partial charge in [0.05, 0.1) is 28.4 Å². The van der Waals surface area contributed by atoms with Gasteiger partial charge in [-0.2, -0.15) is 0 Å². The van der Waals surface area contributed by atoms with Crippen molar-refractivity contribution in [2.45, 2.75) is 131 Å². The van der Waals surface area contributed by atoms with Gasteiger partial charge < -0.3 is 9.80 Å². The maximum absolute atomic E-state index is 2.86. The van der Waals surface area contributed by atoms with E-state index in [2.05, 4.69) is 205 Å². The predicted octanol–water partition coefficient (Wildman–Crippen LogP) is 15.6. The molecule has 0 fully saturated rings. The fourth-order valence-corrected chi connectivity index (χ4v) is 17.5. The van der Waals surface area contributed by atoms with Crippen LogP contribution < -0.4 is 9.80 Å². The summed E-state index contributed by atoms with van der Waals surface area (Å²) in [5.74, 6) is 0.450. The molecule has 0 saturated carbocycles. The molecule has 5 aromatic rings. The first-order chi connectivity index (χ1) is 28.4. The Hall–Kier alpha value is -3.68. The summed E-state index contributed by atoms with van der Waals surface area (Å²) >= 11 is 8.43. The molecule has 0 bridgehead atoms. The smallest absolute Gasteiger partial charge is 0.0831 e. The van der Waals surface area contributed by atoms with Crippen molar-refractivity contribution in [1.29, 1.82) is 0 Å². The molecule has 0 spiro atoms. The monoisotopic (exact) mass is 844 g/mol. The quantitative estimate of drug-likeness (QED) is 0.173. The maximum Gasteiger partial charge on any atom is 0.0831 e. The molecule has 2 nitrogen and oxygen atoms in total. The number of anilines is 3. The minimum atomic E-state index is -0.142. The Morgan fingerprint density at radius 2 is 1.07 bits per heavy atom. The second-order valence-corrected chi connectivity index (χ2v) is 22.3. The van der Waals surface area contributed by atoms with Gasteiger partial charge in [0.1, 0.15) is 0 Å². The lowest BCUT2D eigenvalue weighted by Gasteiger charge is -2.50. The highest BCUT2D eigenvalue weighted by molar-refractivity contribution is 8.11. The Labute approximate surface area is 368 Å². The fraction of sp³-hybridized carbons (Fsp3) is 0.321. The van der Waals surface area contributed by atoms with Gasteiger partial charge >= 0.3 is 0 Å². The minimum absolute atomic E-state index is 0.130. The summed E-state index contributed by atoms with van der Waals surface area (Å²) in [6, 6.07) is 28.1. The Morgan fingerprint density at radius 1 is 0.559 bits per heavy atom. The highest BCUT2D eigenvalue weighted by atomic mass is 32.2. The van der Waals surface area contributed by atoms with Crippen LogP contribution in [0.25, 0.3) is 0 Å². The zero-order valence-electron chi connectivity index (χ0n) is 35.9. The van der Waals surface area contributed by atoms with E-state index in [9.17, 15) is 0 Å². The number of nitrogens with zero attached hydrogens (tertiary/aromatic N) is 2. The molecule has 11 rings (SSSR count). The molecule has 298 valence electrons. The first kappa shape index (κ1) is 38.3. The molecular weight excluding hydrogens is 793 g/mol. The van der Waals surface area contributed by atoms with Crippen molar-refractivity contribution in [3.63, 3.8) is 0 Å². The zero-order chi connectivity index (χ0) is 40.8. The third kappa shape index (κ3) is 5.25. The summed E-state index contributed by atoms with van der Waals surface area (Å²) in [7, 11) is 0. The number of fused-ring (bicyclic) bond motifs is 8. The van der Waals surface area contributed by atoms with Gasteiger partial charge in [0.15, 0.2) is 0 Å². The van der Waals surface area contributed by atoms with Gasteiger partial charge in [-0.05, 0) is 154 Å². The summed E-state index contributed by atoms with van der Waals surface area (Å²) in [5, 5.41) is 0.174. The van der Waals surface area contributed by atoms with E-state index < -0.39 is 0 Å². The molecule has 0 saturated heterocycles. The third-order valence-electron chi connectivity index (χ3n) is 14.9. The molecule has 0 N–H and O–H groups in total. The van der Waals surface area contributed by atoms with Crippen LogP contribution in [0.2, 0.25) is 0 Å². The van der Waals surface area contributed by atoms with E-state index >= 15 is 0 Å². The van der Waals surface area contributed by atoms with Crippen molar-refractivity contribution in [2.24, 2.45) is 0 Å². The number of hydrogen-bond acceptors (Lipinski definition) is 6. The van der Waals surface area contributed by atoms with E-state index in [0.717, 1.165) is 6.42 Å². The predicted molar refractivity (Wildman–Crippen MR) is 257 cm³/mol. The number of benzene rings is 5. The van der Waals surface area contributed by atoms with Crippen LogP contribution >= 0.6 is 47.0 Å². The summed E-state index contributed by atoms with van der Waals surface area (Å²) in [6.07, 6.45) is 6.23. The molecule has 6 heteroatoms. The van der Waals surface area contributed by atoms with Crippen LogP contribution in [-0.4, -0.2) is 11.3 Å². The van der Waals surface area contributed by atoms with E-state index in [0.29, 0.717) is 5.92 Å². The Kier molecular flexibility index (Phi) is 8.86. The average molecular weight is 845 g/mol. The number of rotatable bonds is 2. The zero-order valence-corrected chi connectivity index (χ0v) is 39.2. The summed E-state index contributed by atoms with van der Waals surface area (Å²) in [5.41, 5.74) is 22.5. The van der Waals surface area contributed by atoms with Crippen molar-refractivity contribution in [2.75, 3.05) is 9.80 Å². The van der Waals surface area contributed by atoms with Crippen LogP contribution in [0.5, 0.6) is 0 Å².